The third-order valence-corrected chi connectivity index (χ3v) is 4.84. The molecule has 0 fully saturated rings. The van der Waals surface area contributed by atoms with Gasteiger partial charge in [-0.25, -0.2) is 0 Å². The lowest BCUT2D eigenvalue weighted by molar-refractivity contribution is 0.0643. The van der Waals surface area contributed by atoms with Crippen LogP contribution >= 0.6 is 0 Å². The molecule has 1 aromatic carbocycles. The number of rotatable bonds is 2. The Kier molecular flexibility index (Phi) is 3.38. The standard InChI is InChI=1S/C22H23NO/c1-14(2)9-11-22(4)12-10-16-20(24-22)8-7-19-21(16)17-13-15(3)5-6-18(17)23-19/h5-6,8-10,12-13H,7,11H2,1-4H3. The quantitative estimate of drug-likeness (QED) is 0.629. The van der Waals surface area contributed by atoms with Crippen molar-refractivity contribution in [2.45, 2.75) is 46.1 Å². The third-order valence-electron chi connectivity index (χ3n) is 4.84. The fourth-order valence-electron chi connectivity index (χ4n) is 3.50. The summed E-state index contributed by atoms with van der Waals surface area (Å²) in [6.45, 7) is 8.54. The van der Waals surface area contributed by atoms with E-state index in [-0.39, 0.29) is 5.60 Å². The molecule has 2 nitrogen and oxygen atoms in total. The Morgan fingerprint density at radius 1 is 1.33 bits per heavy atom. The molecule has 0 saturated heterocycles. The fourth-order valence-corrected chi connectivity index (χ4v) is 3.50. The molecule has 1 unspecified atom stereocenters. The van der Waals surface area contributed by atoms with Crippen molar-refractivity contribution in [2.75, 3.05) is 0 Å². The van der Waals surface area contributed by atoms with E-state index >= 15 is 0 Å². The maximum atomic E-state index is 6.40. The van der Waals surface area contributed by atoms with Crippen LogP contribution in [0.15, 0.2) is 64.4 Å². The zero-order chi connectivity index (χ0) is 16.9. The maximum Gasteiger partial charge on any atom is 0.128 e. The van der Waals surface area contributed by atoms with E-state index in [0.717, 1.165) is 30.0 Å². The monoisotopic (exact) mass is 317 g/mol. The number of nitrogens with zero attached hydrogens (tertiary/aromatic N) is 1. The van der Waals surface area contributed by atoms with E-state index in [1.165, 1.54) is 27.8 Å². The SMILES string of the molecule is CC(C)=CCC1(C)C=CC2=C3C(=Nc4ccc(C)cc43)CC=C2O1. The Hall–Kier alpha value is -2.35. The predicted octanol–water partition coefficient (Wildman–Crippen LogP) is 5.82. The van der Waals surface area contributed by atoms with Crippen LogP contribution in [0, 0.1) is 6.92 Å². The summed E-state index contributed by atoms with van der Waals surface area (Å²) in [5.74, 6) is 1.01. The average molecular weight is 317 g/mol. The molecule has 1 aromatic rings. The number of hydrogen-bond donors (Lipinski definition) is 0. The van der Waals surface area contributed by atoms with E-state index in [2.05, 4.69) is 70.2 Å². The first-order valence-corrected chi connectivity index (χ1v) is 8.61. The van der Waals surface area contributed by atoms with Gasteiger partial charge in [0.1, 0.15) is 11.4 Å². The van der Waals surface area contributed by atoms with Crippen molar-refractivity contribution in [3.8, 4) is 0 Å². The molecule has 1 aliphatic carbocycles. The minimum absolute atomic E-state index is 0.268. The Morgan fingerprint density at radius 3 is 2.96 bits per heavy atom. The molecule has 2 heteroatoms. The number of fused-ring (bicyclic) bond motifs is 4. The molecule has 0 spiro atoms. The molecule has 0 radical (unpaired) electrons. The molecule has 0 aromatic heterocycles. The predicted molar refractivity (Wildman–Crippen MR) is 101 cm³/mol. The first-order chi connectivity index (χ1) is 11.5. The van der Waals surface area contributed by atoms with Crippen LogP contribution in [0.25, 0.3) is 5.57 Å². The lowest BCUT2D eigenvalue weighted by Crippen LogP contribution is -2.29. The van der Waals surface area contributed by atoms with Gasteiger partial charge in [-0.1, -0.05) is 29.4 Å². The van der Waals surface area contributed by atoms with E-state index in [1.807, 2.05) is 0 Å². The van der Waals surface area contributed by atoms with Crippen LogP contribution in [0.5, 0.6) is 0 Å². The highest BCUT2D eigenvalue weighted by molar-refractivity contribution is 6.31. The molecule has 0 bridgehead atoms. The molecule has 1 atom stereocenters. The molecule has 24 heavy (non-hydrogen) atoms. The molecule has 0 amide bonds. The number of hydrogen-bond acceptors (Lipinski definition) is 2. The molecule has 2 heterocycles. The zero-order valence-corrected chi connectivity index (χ0v) is 14.8. The minimum atomic E-state index is -0.268. The summed E-state index contributed by atoms with van der Waals surface area (Å²) in [6, 6.07) is 6.49. The van der Waals surface area contributed by atoms with E-state index in [4.69, 9.17) is 9.73 Å². The largest absolute Gasteiger partial charge is 0.483 e. The molecule has 2 aliphatic heterocycles. The van der Waals surface area contributed by atoms with Gasteiger partial charge >= 0.3 is 0 Å². The van der Waals surface area contributed by atoms with Gasteiger partial charge in [-0.15, -0.1) is 0 Å². The van der Waals surface area contributed by atoms with Crippen LogP contribution in [0.4, 0.5) is 5.69 Å². The fraction of sp³-hybridized carbons (Fsp3) is 0.318. The number of benzene rings is 1. The smallest absolute Gasteiger partial charge is 0.128 e. The Morgan fingerprint density at radius 2 is 2.17 bits per heavy atom. The van der Waals surface area contributed by atoms with Gasteiger partial charge in [0.05, 0.1) is 11.4 Å². The van der Waals surface area contributed by atoms with Gasteiger partial charge in [-0.05, 0) is 52.0 Å². The normalized spacial score (nSPS) is 23.7. The maximum absolute atomic E-state index is 6.40. The molecular formula is C22H23NO. The van der Waals surface area contributed by atoms with Gasteiger partial charge in [0, 0.05) is 29.6 Å². The number of allylic oxidation sites excluding steroid dienone is 4. The van der Waals surface area contributed by atoms with Crippen molar-refractivity contribution in [2.24, 2.45) is 4.99 Å². The lowest BCUT2D eigenvalue weighted by atomic mass is 9.86. The van der Waals surface area contributed by atoms with Crippen LogP contribution in [0.1, 0.15) is 44.7 Å². The second-order valence-electron chi connectivity index (χ2n) is 7.37. The van der Waals surface area contributed by atoms with Gasteiger partial charge in [-0.2, -0.15) is 0 Å². The summed E-state index contributed by atoms with van der Waals surface area (Å²) in [5, 5.41) is 0. The highest BCUT2D eigenvalue weighted by Crippen LogP contribution is 2.45. The molecule has 122 valence electrons. The van der Waals surface area contributed by atoms with Crippen LogP contribution < -0.4 is 0 Å². The van der Waals surface area contributed by atoms with Crippen molar-refractivity contribution in [3.63, 3.8) is 0 Å². The average Bonchev–Trinajstić information content (AvgIpc) is 2.91. The molecular weight excluding hydrogens is 294 g/mol. The van der Waals surface area contributed by atoms with E-state index < -0.39 is 0 Å². The van der Waals surface area contributed by atoms with E-state index in [1.54, 1.807) is 0 Å². The van der Waals surface area contributed by atoms with Crippen LogP contribution in [0.3, 0.4) is 0 Å². The van der Waals surface area contributed by atoms with Crippen molar-refractivity contribution >= 4 is 17.0 Å². The number of aliphatic imine (C=N–C) groups is 1. The molecule has 0 N–H and O–H groups in total. The minimum Gasteiger partial charge on any atom is -0.483 e. The highest BCUT2D eigenvalue weighted by atomic mass is 16.5. The van der Waals surface area contributed by atoms with Gasteiger partial charge in [0.15, 0.2) is 0 Å². The van der Waals surface area contributed by atoms with Crippen molar-refractivity contribution in [3.05, 3.63) is 70.5 Å². The Bertz CT molecular complexity index is 875. The van der Waals surface area contributed by atoms with Crippen molar-refractivity contribution in [1.82, 2.24) is 0 Å². The summed E-state index contributed by atoms with van der Waals surface area (Å²) < 4.78 is 6.40. The first-order valence-electron chi connectivity index (χ1n) is 8.61. The highest BCUT2D eigenvalue weighted by Gasteiger charge is 2.34. The molecule has 0 saturated carbocycles. The number of ether oxygens (including phenoxy) is 1. The first kappa shape index (κ1) is 15.2. The summed E-state index contributed by atoms with van der Waals surface area (Å²) in [6.07, 6.45) is 10.6. The molecule has 3 aliphatic rings. The van der Waals surface area contributed by atoms with Gasteiger partial charge in [0.25, 0.3) is 0 Å². The lowest BCUT2D eigenvalue weighted by Gasteiger charge is -2.34. The zero-order valence-electron chi connectivity index (χ0n) is 14.8. The molecule has 4 rings (SSSR count). The third kappa shape index (κ3) is 2.47. The van der Waals surface area contributed by atoms with E-state index in [0.29, 0.717) is 0 Å². The Balaban J connectivity index is 1.79. The number of aryl methyl sites for hydroxylation is 1. The summed E-state index contributed by atoms with van der Waals surface area (Å²) in [7, 11) is 0. The second-order valence-corrected chi connectivity index (χ2v) is 7.37. The van der Waals surface area contributed by atoms with Crippen molar-refractivity contribution in [1.29, 1.82) is 0 Å². The van der Waals surface area contributed by atoms with Crippen molar-refractivity contribution < 1.29 is 4.74 Å². The Labute approximate surface area is 144 Å². The summed E-state index contributed by atoms with van der Waals surface area (Å²) >= 11 is 0. The van der Waals surface area contributed by atoms with Crippen LogP contribution in [-0.4, -0.2) is 11.3 Å². The topological polar surface area (TPSA) is 21.6 Å². The van der Waals surface area contributed by atoms with Gasteiger partial charge in [0.2, 0.25) is 0 Å². The van der Waals surface area contributed by atoms with Gasteiger partial charge in [-0.3, -0.25) is 4.99 Å². The van der Waals surface area contributed by atoms with Crippen LogP contribution in [-0.2, 0) is 4.74 Å². The van der Waals surface area contributed by atoms with Crippen LogP contribution in [0.2, 0.25) is 0 Å². The van der Waals surface area contributed by atoms with Gasteiger partial charge < -0.3 is 4.74 Å². The second kappa shape index (κ2) is 5.34. The summed E-state index contributed by atoms with van der Waals surface area (Å²) in [4.78, 5) is 4.82. The van der Waals surface area contributed by atoms with E-state index in [9.17, 15) is 0 Å². The summed E-state index contributed by atoms with van der Waals surface area (Å²) in [5.41, 5.74) is 8.25.